The Labute approximate surface area is 170 Å². The van der Waals surface area contributed by atoms with E-state index in [9.17, 15) is 22.8 Å². The van der Waals surface area contributed by atoms with Crippen LogP contribution in [0.1, 0.15) is 43.7 Å². The van der Waals surface area contributed by atoms with E-state index in [1.807, 2.05) is 0 Å². The Kier molecular flexibility index (Phi) is 5.84. The first-order chi connectivity index (χ1) is 13.6. The summed E-state index contributed by atoms with van der Waals surface area (Å²) in [4.78, 5) is 38.7. The zero-order valence-electron chi connectivity index (χ0n) is 14.5. The van der Waals surface area contributed by atoms with Gasteiger partial charge >= 0.3 is 6.18 Å². The van der Waals surface area contributed by atoms with Gasteiger partial charge in [-0.15, -0.1) is 11.3 Å². The van der Waals surface area contributed by atoms with Gasteiger partial charge in [-0.25, -0.2) is 15.0 Å². The Morgan fingerprint density at radius 2 is 1.97 bits per heavy atom. The molecule has 8 nitrogen and oxygen atoms in total. The summed E-state index contributed by atoms with van der Waals surface area (Å²) in [6.07, 6.45) is 0.175. The molecular weight excluding hydrogens is 433 g/mol. The molecule has 0 aliphatic rings. The van der Waals surface area contributed by atoms with E-state index >= 15 is 0 Å². The molecule has 3 heterocycles. The molecule has 0 saturated carbocycles. The second kappa shape index (κ2) is 8.17. The minimum atomic E-state index is -4.68. The molecule has 0 bridgehead atoms. The second-order valence-corrected chi connectivity index (χ2v) is 7.18. The van der Waals surface area contributed by atoms with E-state index in [1.54, 1.807) is 6.92 Å². The molecule has 0 aliphatic heterocycles. The number of rotatable bonds is 5. The smallest absolute Gasteiger partial charge is 0.350 e. The Bertz CT molecular complexity index is 1040. The van der Waals surface area contributed by atoms with E-state index in [0.29, 0.717) is 11.1 Å². The van der Waals surface area contributed by atoms with Gasteiger partial charge in [0.15, 0.2) is 0 Å². The number of H-pyrrole nitrogens is 1. The number of hydrogen-bond donors (Lipinski definition) is 3. The SMILES string of the molecule is C[C@@H](NC(=O)c1c[nH]cn1)c1ncc(C(=O)Nc2cc(C(F)(F)F)c(Cl)cn2)s1. The van der Waals surface area contributed by atoms with Gasteiger partial charge in [-0.05, 0) is 13.0 Å². The van der Waals surface area contributed by atoms with Crippen molar-refractivity contribution < 1.29 is 22.8 Å². The fourth-order valence-electron chi connectivity index (χ4n) is 2.21. The Morgan fingerprint density at radius 3 is 2.62 bits per heavy atom. The van der Waals surface area contributed by atoms with E-state index in [2.05, 4.69) is 30.6 Å². The van der Waals surface area contributed by atoms with E-state index in [-0.39, 0.29) is 16.4 Å². The average molecular weight is 445 g/mol. The molecule has 0 spiro atoms. The first-order valence-electron chi connectivity index (χ1n) is 7.94. The Morgan fingerprint density at radius 1 is 1.21 bits per heavy atom. The minimum Gasteiger partial charge on any atom is -0.350 e. The molecule has 0 unspecified atom stereocenters. The molecule has 13 heteroatoms. The summed E-state index contributed by atoms with van der Waals surface area (Å²) in [5, 5.41) is 4.80. The maximum Gasteiger partial charge on any atom is 0.418 e. The summed E-state index contributed by atoms with van der Waals surface area (Å²) >= 11 is 6.49. The largest absolute Gasteiger partial charge is 0.418 e. The van der Waals surface area contributed by atoms with Crippen molar-refractivity contribution in [3.63, 3.8) is 0 Å². The number of carbonyl (C=O) groups excluding carboxylic acids is 2. The lowest BCUT2D eigenvalue weighted by atomic mass is 10.2. The molecule has 152 valence electrons. The van der Waals surface area contributed by atoms with Crippen LogP contribution in [0.25, 0.3) is 0 Å². The predicted octanol–water partition coefficient (Wildman–Crippen LogP) is 3.68. The number of hydrogen-bond acceptors (Lipinski definition) is 6. The fourth-order valence-corrected chi connectivity index (χ4v) is 3.24. The van der Waals surface area contributed by atoms with Gasteiger partial charge in [-0.2, -0.15) is 13.2 Å². The highest BCUT2D eigenvalue weighted by molar-refractivity contribution is 7.13. The van der Waals surface area contributed by atoms with Crippen molar-refractivity contribution in [2.45, 2.75) is 19.1 Å². The van der Waals surface area contributed by atoms with Crippen LogP contribution in [0.5, 0.6) is 0 Å². The molecule has 0 radical (unpaired) electrons. The molecule has 29 heavy (non-hydrogen) atoms. The number of aromatic amines is 1. The molecule has 0 saturated heterocycles. The maximum absolute atomic E-state index is 12.9. The van der Waals surface area contributed by atoms with Gasteiger partial charge in [-0.1, -0.05) is 11.6 Å². The van der Waals surface area contributed by atoms with Crippen LogP contribution >= 0.6 is 22.9 Å². The van der Waals surface area contributed by atoms with Crippen molar-refractivity contribution >= 4 is 40.6 Å². The summed E-state index contributed by atoms with van der Waals surface area (Å²) in [7, 11) is 0. The molecule has 0 aromatic carbocycles. The number of anilines is 1. The highest BCUT2D eigenvalue weighted by Crippen LogP contribution is 2.35. The number of amides is 2. The highest BCUT2D eigenvalue weighted by atomic mass is 35.5. The van der Waals surface area contributed by atoms with Gasteiger partial charge in [0.1, 0.15) is 21.4 Å². The second-order valence-electron chi connectivity index (χ2n) is 5.71. The summed E-state index contributed by atoms with van der Waals surface area (Å²) in [6.45, 7) is 1.67. The number of thiazole rings is 1. The number of carbonyl (C=O) groups is 2. The third-order valence-corrected chi connectivity index (χ3v) is 5.08. The fraction of sp³-hybridized carbons (Fsp3) is 0.188. The Hall–Kier alpha value is -2.99. The van der Waals surface area contributed by atoms with Crippen molar-refractivity contribution in [2.75, 3.05) is 5.32 Å². The lowest BCUT2D eigenvalue weighted by Gasteiger charge is -2.10. The Balaban J connectivity index is 1.69. The zero-order chi connectivity index (χ0) is 21.2. The molecule has 3 aromatic rings. The predicted molar refractivity (Wildman–Crippen MR) is 98.8 cm³/mol. The van der Waals surface area contributed by atoms with Gasteiger partial charge in [0.2, 0.25) is 0 Å². The van der Waals surface area contributed by atoms with Crippen LogP contribution < -0.4 is 10.6 Å². The number of alkyl halides is 3. The first-order valence-corrected chi connectivity index (χ1v) is 9.14. The summed E-state index contributed by atoms with van der Waals surface area (Å²) in [5.41, 5.74) is -0.912. The van der Waals surface area contributed by atoms with Crippen LogP contribution in [0.15, 0.2) is 31.0 Å². The first kappa shape index (κ1) is 20.7. The molecule has 3 N–H and O–H groups in total. The van der Waals surface area contributed by atoms with Gasteiger partial charge in [0, 0.05) is 12.4 Å². The topological polar surface area (TPSA) is 113 Å². The number of aromatic nitrogens is 4. The molecule has 0 fully saturated rings. The van der Waals surface area contributed by atoms with Gasteiger partial charge in [0.05, 0.1) is 29.2 Å². The molecule has 1 atom stereocenters. The van der Waals surface area contributed by atoms with Gasteiger partial charge < -0.3 is 15.6 Å². The summed E-state index contributed by atoms with van der Waals surface area (Å²) in [6, 6.07) is 0.130. The van der Waals surface area contributed by atoms with Crippen LogP contribution in [-0.4, -0.2) is 31.8 Å². The number of nitrogens with one attached hydrogen (secondary N) is 3. The summed E-state index contributed by atoms with van der Waals surface area (Å²) < 4.78 is 38.7. The lowest BCUT2D eigenvalue weighted by Crippen LogP contribution is -2.26. The van der Waals surface area contributed by atoms with Crippen molar-refractivity contribution in [1.29, 1.82) is 0 Å². The van der Waals surface area contributed by atoms with Gasteiger partial charge in [0.25, 0.3) is 11.8 Å². The van der Waals surface area contributed by atoms with E-state index in [1.165, 1.54) is 18.7 Å². The van der Waals surface area contributed by atoms with E-state index < -0.39 is 34.6 Å². The van der Waals surface area contributed by atoms with Crippen molar-refractivity contribution in [2.24, 2.45) is 0 Å². The molecule has 2 amide bonds. The third kappa shape index (κ3) is 4.90. The molecule has 3 rings (SSSR count). The van der Waals surface area contributed by atoms with Crippen LogP contribution in [0.3, 0.4) is 0 Å². The zero-order valence-corrected chi connectivity index (χ0v) is 16.1. The van der Waals surface area contributed by atoms with E-state index in [0.717, 1.165) is 17.5 Å². The molecule has 0 aliphatic carbocycles. The van der Waals surface area contributed by atoms with Crippen LogP contribution in [0, 0.1) is 0 Å². The van der Waals surface area contributed by atoms with Crippen LogP contribution in [0.2, 0.25) is 5.02 Å². The minimum absolute atomic E-state index is 0.131. The monoisotopic (exact) mass is 444 g/mol. The number of pyridine rings is 1. The maximum atomic E-state index is 12.9. The van der Waals surface area contributed by atoms with Crippen LogP contribution in [0.4, 0.5) is 19.0 Å². The number of halogens is 4. The standard InChI is InChI=1S/C16H12ClF3N6O2S/c1-7(25-13(27)10-4-21-6-24-10)15-23-5-11(29-15)14(28)26-12-2-8(16(18,19)20)9(17)3-22-12/h2-7H,1H3,(H,21,24)(H,25,27)(H,22,26,28)/t7-/m1/s1. The normalized spacial score (nSPS) is 12.4. The number of nitrogens with zero attached hydrogens (tertiary/aromatic N) is 3. The van der Waals surface area contributed by atoms with Crippen LogP contribution in [-0.2, 0) is 6.18 Å². The van der Waals surface area contributed by atoms with Crippen molar-refractivity contribution in [3.8, 4) is 0 Å². The van der Waals surface area contributed by atoms with Crippen molar-refractivity contribution in [1.82, 2.24) is 25.3 Å². The average Bonchev–Trinajstić information content (AvgIpc) is 3.34. The lowest BCUT2D eigenvalue weighted by molar-refractivity contribution is -0.137. The molecule has 3 aromatic heterocycles. The number of imidazole rings is 1. The van der Waals surface area contributed by atoms with E-state index in [4.69, 9.17) is 11.6 Å². The quantitative estimate of drug-likeness (QED) is 0.555. The highest BCUT2D eigenvalue weighted by Gasteiger charge is 2.34. The van der Waals surface area contributed by atoms with Crippen molar-refractivity contribution in [3.05, 3.63) is 57.1 Å². The molecular formula is C16H12ClF3N6O2S. The van der Waals surface area contributed by atoms with Gasteiger partial charge in [-0.3, -0.25) is 9.59 Å². The third-order valence-electron chi connectivity index (χ3n) is 3.60. The summed E-state index contributed by atoms with van der Waals surface area (Å²) in [5.74, 6) is -1.42.